The van der Waals surface area contributed by atoms with Crippen molar-refractivity contribution >= 4 is 40.8 Å². The molecule has 3 amide bonds. The Balaban J connectivity index is 1.66. The molecule has 1 aliphatic rings. The van der Waals surface area contributed by atoms with Crippen LogP contribution < -0.4 is 10.6 Å². The number of ketones is 1. The lowest BCUT2D eigenvalue weighted by atomic mass is 9.83. The Morgan fingerprint density at radius 1 is 1.02 bits per heavy atom. The number of carbonyl (C=O) groups excluding carboxylic acids is 4. The molecule has 2 heterocycles. The third-order valence-electron chi connectivity index (χ3n) is 11.4. The van der Waals surface area contributed by atoms with Crippen molar-refractivity contribution in [3.05, 3.63) is 52.0 Å². The Kier molecular flexibility index (Phi) is 19.6. The number of hydrogen-bond acceptors (Lipinski definition) is 9. The normalized spacial score (nSPS) is 18.0. The number of rotatable bonds is 24. The number of Topliss-reactive ketones (excluding diaryl/α,β-unsaturated/α-hetero) is 1. The van der Waals surface area contributed by atoms with E-state index in [1.54, 1.807) is 17.3 Å². The van der Waals surface area contributed by atoms with Gasteiger partial charge in [0.25, 0.3) is 5.91 Å². The minimum Gasteiger partial charge on any atom is -0.481 e. The molecule has 1 aromatic heterocycles. The molecular weight excluding hydrogens is 731 g/mol. The van der Waals surface area contributed by atoms with Crippen molar-refractivity contribution < 1.29 is 34.2 Å². The summed E-state index contributed by atoms with van der Waals surface area (Å²) < 4.78 is 0. The van der Waals surface area contributed by atoms with E-state index in [4.69, 9.17) is 5.11 Å². The molecule has 0 radical (unpaired) electrons. The number of nitrogens with one attached hydrogen (secondary N) is 2. The van der Waals surface area contributed by atoms with E-state index in [-0.39, 0.29) is 72.5 Å². The summed E-state index contributed by atoms with van der Waals surface area (Å²) in [5.74, 6) is -2.13. The van der Waals surface area contributed by atoms with Crippen LogP contribution >= 0.6 is 11.3 Å². The molecule has 1 aliphatic heterocycles. The topological polar surface area (TPSA) is 169 Å². The molecule has 1 saturated heterocycles. The summed E-state index contributed by atoms with van der Waals surface area (Å²) in [6.07, 6.45) is 6.09. The van der Waals surface area contributed by atoms with E-state index in [2.05, 4.69) is 20.5 Å². The number of carboxylic acid groups (broad SMARTS) is 1. The van der Waals surface area contributed by atoms with Crippen LogP contribution in [0, 0.1) is 23.7 Å². The van der Waals surface area contributed by atoms with E-state index in [0.717, 1.165) is 37.8 Å². The molecule has 13 heteroatoms. The van der Waals surface area contributed by atoms with Crippen LogP contribution in [0.4, 0.5) is 0 Å². The molecule has 12 nitrogen and oxygen atoms in total. The van der Waals surface area contributed by atoms with E-state index in [0.29, 0.717) is 43.7 Å². The van der Waals surface area contributed by atoms with Crippen LogP contribution in [0.3, 0.4) is 0 Å². The highest BCUT2D eigenvalue weighted by molar-refractivity contribution is 7.09. The third kappa shape index (κ3) is 14.7. The lowest BCUT2D eigenvalue weighted by Crippen LogP contribution is -2.48. The molecule has 0 aliphatic carbocycles. The smallest absolute Gasteiger partial charge is 0.303 e. The van der Waals surface area contributed by atoms with Crippen molar-refractivity contribution in [3.8, 4) is 0 Å². The van der Waals surface area contributed by atoms with Gasteiger partial charge in [0.15, 0.2) is 5.78 Å². The number of likely N-dealkylation sites (N-methyl/N-ethyl adjacent to an activating group) is 1. The van der Waals surface area contributed by atoms with Crippen LogP contribution in [0.25, 0.3) is 0 Å². The van der Waals surface area contributed by atoms with E-state index in [1.807, 2.05) is 72.0 Å². The van der Waals surface area contributed by atoms with Gasteiger partial charge in [-0.1, -0.05) is 84.2 Å². The highest BCUT2D eigenvalue weighted by atomic mass is 32.1. The van der Waals surface area contributed by atoms with Gasteiger partial charge in [-0.25, -0.2) is 4.98 Å². The number of aliphatic hydroxyl groups excluding tert-OH is 1. The van der Waals surface area contributed by atoms with Gasteiger partial charge in [-0.05, 0) is 69.5 Å². The summed E-state index contributed by atoms with van der Waals surface area (Å²) in [6.45, 7) is 11.3. The minimum absolute atomic E-state index is 0.00830. The number of aromatic nitrogens is 1. The predicted molar refractivity (Wildman–Crippen MR) is 220 cm³/mol. The van der Waals surface area contributed by atoms with E-state index >= 15 is 0 Å². The van der Waals surface area contributed by atoms with Gasteiger partial charge in [0.1, 0.15) is 16.8 Å². The first-order valence-corrected chi connectivity index (χ1v) is 21.5. The second kappa shape index (κ2) is 23.5. The van der Waals surface area contributed by atoms with Gasteiger partial charge in [-0.15, -0.1) is 11.3 Å². The first-order chi connectivity index (χ1) is 26.6. The number of piperidine rings is 1. The van der Waals surface area contributed by atoms with Gasteiger partial charge in [-0.2, -0.15) is 0 Å². The Hall–Kier alpha value is -3.68. The number of nitrogens with zero attached hydrogens (tertiary/aromatic N) is 3. The first kappa shape index (κ1) is 46.7. The van der Waals surface area contributed by atoms with Gasteiger partial charge in [0, 0.05) is 62.2 Å². The summed E-state index contributed by atoms with van der Waals surface area (Å²) in [5, 5.41) is 28.3. The number of thiazole rings is 1. The molecule has 0 spiro atoms. The van der Waals surface area contributed by atoms with Crippen LogP contribution in [0.5, 0.6) is 0 Å². The standard InChI is InChI=1S/C43H67N5O7S/c1-8-29(4)33(25-37(49)35-19-14-16-22-47(35)6)43(55)48(7)36(28(2)3)26-38(50)42-46-34(27-56-42)41(54)45-32(24-31-17-11-9-12-18-31)23-30(5)40(53)44-21-15-10-13-20-39(51)52/h9,11-12,17-18,27-30,32-33,35-36,38,50H,8,10,13-16,19-26H2,1-7H3,(H,44,53)(H,45,54)(H,51,52)/t29-,30-,32+,33-,35+,36+,38+/m0/s1. The molecule has 1 fully saturated rings. The van der Waals surface area contributed by atoms with E-state index in [9.17, 15) is 29.1 Å². The maximum Gasteiger partial charge on any atom is 0.303 e. The van der Waals surface area contributed by atoms with Gasteiger partial charge in [0.05, 0.1) is 6.04 Å². The highest BCUT2D eigenvalue weighted by Gasteiger charge is 2.37. The molecule has 312 valence electrons. The Morgan fingerprint density at radius 2 is 1.73 bits per heavy atom. The lowest BCUT2D eigenvalue weighted by molar-refractivity contribution is -0.143. The number of carboxylic acids is 1. The largest absolute Gasteiger partial charge is 0.481 e. The van der Waals surface area contributed by atoms with Crippen LogP contribution in [0.2, 0.25) is 0 Å². The maximum absolute atomic E-state index is 14.1. The zero-order valence-electron chi connectivity index (χ0n) is 34.7. The summed E-state index contributed by atoms with van der Waals surface area (Å²) in [5.41, 5.74) is 1.19. The second-order valence-electron chi connectivity index (χ2n) is 16.2. The van der Waals surface area contributed by atoms with Crippen molar-refractivity contribution in [1.82, 2.24) is 25.4 Å². The maximum atomic E-state index is 14.1. The van der Waals surface area contributed by atoms with Crippen molar-refractivity contribution in [2.75, 3.05) is 27.2 Å². The van der Waals surface area contributed by atoms with Crippen molar-refractivity contribution in [2.24, 2.45) is 23.7 Å². The number of unbranched alkanes of at least 4 members (excludes halogenated alkanes) is 2. The van der Waals surface area contributed by atoms with Gasteiger partial charge in [0.2, 0.25) is 11.8 Å². The van der Waals surface area contributed by atoms with Crippen molar-refractivity contribution in [2.45, 2.75) is 136 Å². The fraction of sp³-hybridized carbons (Fsp3) is 0.674. The summed E-state index contributed by atoms with van der Waals surface area (Å²) >= 11 is 1.19. The van der Waals surface area contributed by atoms with Crippen molar-refractivity contribution in [1.29, 1.82) is 0 Å². The van der Waals surface area contributed by atoms with Gasteiger partial charge < -0.3 is 25.7 Å². The SMILES string of the molecule is CC[C@H](C)[C@H](CC(=O)[C@H]1CCCCN1C)C(=O)N(C)[C@H](C[C@@H](O)c1nc(C(=O)N[C@@H](Cc2ccccc2)C[C@H](C)C(=O)NCCCCCC(=O)O)cs1)C(C)C. The molecule has 7 atom stereocenters. The third-order valence-corrected chi connectivity index (χ3v) is 12.4. The molecule has 0 unspecified atom stereocenters. The molecule has 4 N–H and O–H groups in total. The molecule has 3 rings (SSSR count). The molecule has 2 aromatic rings. The predicted octanol–water partition coefficient (Wildman–Crippen LogP) is 6.28. The van der Waals surface area contributed by atoms with Crippen LogP contribution in [0.1, 0.15) is 132 Å². The highest BCUT2D eigenvalue weighted by Crippen LogP contribution is 2.31. The number of likely N-dealkylation sites (tertiary alicyclic amines) is 1. The molecule has 0 saturated carbocycles. The Labute approximate surface area is 338 Å². The first-order valence-electron chi connectivity index (χ1n) is 20.6. The minimum atomic E-state index is -1.02. The number of aliphatic hydroxyl groups is 1. The fourth-order valence-electron chi connectivity index (χ4n) is 7.68. The van der Waals surface area contributed by atoms with Gasteiger partial charge in [-0.3, -0.25) is 28.9 Å². The molecule has 0 bridgehead atoms. The number of benzene rings is 1. The van der Waals surface area contributed by atoms with E-state index < -0.39 is 29.8 Å². The number of aliphatic carboxylic acids is 1. The molecule has 1 aromatic carbocycles. The lowest BCUT2D eigenvalue weighted by Gasteiger charge is -2.37. The van der Waals surface area contributed by atoms with Gasteiger partial charge >= 0.3 is 5.97 Å². The monoisotopic (exact) mass is 797 g/mol. The van der Waals surface area contributed by atoms with Crippen LogP contribution in [-0.4, -0.2) is 99.8 Å². The average molecular weight is 798 g/mol. The van der Waals surface area contributed by atoms with Crippen molar-refractivity contribution in [3.63, 3.8) is 0 Å². The second-order valence-corrected chi connectivity index (χ2v) is 17.1. The van der Waals surface area contributed by atoms with E-state index in [1.165, 1.54) is 11.3 Å². The number of carbonyl (C=O) groups is 5. The average Bonchev–Trinajstić information content (AvgIpc) is 3.67. The zero-order chi connectivity index (χ0) is 41.4. The van der Waals surface area contributed by atoms with Crippen LogP contribution in [0.15, 0.2) is 35.7 Å². The zero-order valence-corrected chi connectivity index (χ0v) is 35.5. The quantitative estimate of drug-likeness (QED) is 0.0893. The summed E-state index contributed by atoms with van der Waals surface area (Å²) in [7, 11) is 3.76. The van der Waals surface area contributed by atoms with Crippen LogP contribution in [-0.2, 0) is 25.6 Å². The molecule has 56 heavy (non-hydrogen) atoms. The number of amides is 3. The Bertz CT molecular complexity index is 1550. The Morgan fingerprint density at radius 3 is 2.38 bits per heavy atom. The molecular formula is C43H67N5O7S. The summed E-state index contributed by atoms with van der Waals surface area (Å²) in [4.78, 5) is 73.3. The fourth-order valence-corrected chi connectivity index (χ4v) is 8.47. The number of hydrogen-bond donors (Lipinski definition) is 4. The summed E-state index contributed by atoms with van der Waals surface area (Å²) in [6, 6.07) is 8.88.